The van der Waals surface area contributed by atoms with Gasteiger partial charge in [-0.3, -0.25) is 0 Å². The lowest BCUT2D eigenvalue weighted by Crippen LogP contribution is -2.05. The molecule has 0 aliphatic carbocycles. The van der Waals surface area contributed by atoms with Crippen molar-refractivity contribution in [2.24, 2.45) is 0 Å². The van der Waals surface area contributed by atoms with Crippen LogP contribution in [0.1, 0.15) is 23.7 Å². The van der Waals surface area contributed by atoms with Crippen LogP contribution in [0.2, 0.25) is 0 Å². The second-order valence-electron chi connectivity index (χ2n) is 5.77. The highest BCUT2D eigenvalue weighted by atomic mass is 32.2. The highest BCUT2D eigenvalue weighted by Crippen LogP contribution is 2.24. The lowest BCUT2D eigenvalue weighted by Gasteiger charge is -2.09. The summed E-state index contributed by atoms with van der Waals surface area (Å²) < 4.78 is 7.73. The fourth-order valence-corrected chi connectivity index (χ4v) is 3.57. The molecule has 0 atom stereocenters. The summed E-state index contributed by atoms with van der Waals surface area (Å²) in [5.74, 6) is 1.09. The van der Waals surface area contributed by atoms with Gasteiger partial charge in [0.1, 0.15) is 11.3 Å². The van der Waals surface area contributed by atoms with E-state index in [0.29, 0.717) is 12.4 Å². The van der Waals surface area contributed by atoms with Crippen molar-refractivity contribution in [1.29, 1.82) is 0 Å². The Bertz CT molecular complexity index is 896. The molecule has 1 heterocycles. The summed E-state index contributed by atoms with van der Waals surface area (Å²) in [6.07, 6.45) is 0.774. The minimum absolute atomic E-state index is 0.184. The maximum atomic E-state index is 11.2. The molecule has 0 spiro atoms. The standard InChI is InChI=1S/C20H21N3O3S/c1-2-23-18(15-9-4-3-5-10-15)21-22-20(23)27-14-8-13-26-17-12-7-6-11-16(17)19(24)25/h3-7,9-12H,2,8,13-14H2,1H3,(H,24,25). The largest absolute Gasteiger partial charge is 0.493 e. The van der Waals surface area contributed by atoms with Gasteiger partial charge in [0.25, 0.3) is 0 Å². The molecule has 0 amide bonds. The van der Waals surface area contributed by atoms with E-state index in [1.54, 1.807) is 36.0 Å². The smallest absolute Gasteiger partial charge is 0.339 e. The van der Waals surface area contributed by atoms with E-state index in [-0.39, 0.29) is 5.56 Å². The van der Waals surface area contributed by atoms with Crippen LogP contribution in [0, 0.1) is 0 Å². The molecule has 27 heavy (non-hydrogen) atoms. The number of rotatable bonds is 9. The molecule has 140 valence electrons. The number of hydrogen-bond donors (Lipinski definition) is 1. The number of carboxylic acids is 1. The molecule has 0 bridgehead atoms. The fourth-order valence-electron chi connectivity index (χ4n) is 2.66. The first-order valence-corrected chi connectivity index (χ1v) is 9.75. The van der Waals surface area contributed by atoms with Gasteiger partial charge in [0.15, 0.2) is 11.0 Å². The Labute approximate surface area is 162 Å². The Morgan fingerprint density at radius 3 is 2.59 bits per heavy atom. The lowest BCUT2D eigenvalue weighted by atomic mass is 10.2. The first-order chi connectivity index (χ1) is 13.2. The quantitative estimate of drug-likeness (QED) is 0.440. The maximum Gasteiger partial charge on any atom is 0.339 e. The zero-order chi connectivity index (χ0) is 19.1. The number of hydrogen-bond acceptors (Lipinski definition) is 5. The Kier molecular flexibility index (Phi) is 6.49. The van der Waals surface area contributed by atoms with Gasteiger partial charge in [-0.2, -0.15) is 0 Å². The third-order valence-corrected chi connectivity index (χ3v) is 5.01. The molecule has 2 aromatic carbocycles. The van der Waals surface area contributed by atoms with Crippen LogP contribution in [0.5, 0.6) is 5.75 Å². The van der Waals surface area contributed by atoms with Gasteiger partial charge in [0.05, 0.1) is 6.61 Å². The van der Waals surface area contributed by atoms with E-state index in [2.05, 4.69) is 21.7 Å². The SMILES string of the molecule is CCn1c(SCCCOc2ccccc2C(=O)O)nnc1-c1ccccc1. The Morgan fingerprint density at radius 1 is 1.11 bits per heavy atom. The van der Waals surface area contributed by atoms with Crippen molar-refractivity contribution >= 4 is 17.7 Å². The number of benzene rings is 2. The average Bonchev–Trinajstić information content (AvgIpc) is 3.11. The summed E-state index contributed by atoms with van der Waals surface area (Å²) in [6.45, 7) is 3.32. The second-order valence-corrected chi connectivity index (χ2v) is 6.83. The number of thioether (sulfide) groups is 1. The average molecular weight is 383 g/mol. The first-order valence-electron chi connectivity index (χ1n) is 8.77. The molecule has 0 radical (unpaired) electrons. The molecule has 6 nitrogen and oxygen atoms in total. The van der Waals surface area contributed by atoms with E-state index in [1.165, 1.54) is 0 Å². The van der Waals surface area contributed by atoms with E-state index in [9.17, 15) is 4.79 Å². The van der Waals surface area contributed by atoms with E-state index >= 15 is 0 Å². The summed E-state index contributed by atoms with van der Waals surface area (Å²) in [4.78, 5) is 11.2. The summed E-state index contributed by atoms with van der Waals surface area (Å²) in [5, 5.41) is 18.7. The monoisotopic (exact) mass is 383 g/mol. The Balaban J connectivity index is 1.54. The number of para-hydroxylation sites is 1. The van der Waals surface area contributed by atoms with Gasteiger partial charge in [-0.25, -0.2) is 4.79 Å². The summed E-state index contributed by atoms with van der Waals surface area (Å²) >= 11 is 1.63. The summed E-state index contributed by atoms with van der Waals surface area (Å²) in [5.41, 5.74) is 1.23. The summed E-state index contributed by atoms with van der Waals surface area (Å²) in [7, 11) is 0. The number of nitrogens with zero attached hydrogens (tertiary/aromatic N) is 3. The van der Waals surface area contributed by atoms with Gasteiger partial charge < -0.3 is 14.4 Å². The third kappa shape index (κ3) is 4.68. The van der Waals surface area contributed by atoms with E-state index in [0.717, 1.165) is 35.3 Å². The molecule has 0 fully saturated rings. The van der Waals surface area contributed by atoms with Gasteiger partial charge in [-0.15, -0.1) is 10.2 Å². The lowest BCUT2D eigenvalue weighted by molar-refractivity contribution is 0.0692. The van der Waals surface area contributed by atoms with Crippen molar-refractivity contribution in [2.75, 3.05) is 12.4 Å². The number of ether oxygens (including phenoxy) is 1. The molecule has 0 unspecified atom stereocenters. The van der Waals surface area contributed by atoms with Crippen LogP contribution in [0.3, 0.4) is 0 Å². The molecule has 0 aliphatic heterocycles. The second kappa shape index (κ2) is 9.23. The normalized spacial score (nSPS) is 10.7. The van der Waals surface area contributed by atoms with Crippen LogP contribution in [-0.4, -0.2) is 38.2 Å². The molecular formula is C20H21N3O3S. The van der Waals surface area contributed by atoms with Crippen molar-refractivity contribution in [2.45, 2.75) is 25.0 Å². The zero-order valence-corrected chi connectivity index (χ0v) is 15.9. The highest BCUT2D eigenvalue weighted by molar-refractivity contribution is 7.99. The summed E-state index contributed by atoms with van der Waals surface area (Å²) in [6, 6.07) is 16.7. The van der Waals surface area contributed by atoms with Gasteiger partial charge in [0, 0.05) is 17.9 Å². The number of aromatic carboxylic acids is 1. The molecule has 3 aromatic rings. The predicted octanol–water partition coefficient (Wildman–Crippen LogP) is 4.22. The highest BCUT2D eigenvalue weighted by Gasteiger charge is 2.13. The van der Waals surface area contributed by atoms with Gasteiger partial charge >= 0.3 is 5.97 Å². The molecule has 0 saturated carbocycles. The topological polar surface area (TPSA) is 77.2 Å². The molecular weight excluding hydrogens is 362 g/mol. The number of aromatic nitrogens is 3. The third-order valence-electron chi connectivity index (χ3n) is 3.96. The van der Waals surface area contributed by atoms with Crippen molar-refractivity contribution in [1.82, 2.24) is 14.8 Å². The van der Waals surface area contributed by atoms with E-state index in [4.69, 9.17) is 9.84 Å². The number of carbonyl (C=O) groups is 1. The van der Waals surface area contributed by atoms with Gasteiger partial charge in [0.2, 0.25) is 0 Å². The van der Waals surface area contributed by atoms with Crippen molar-refractivity contribution in [3.05, 3.63) is 60.2 Å². The Morgan fingerprint density at radius 2 is 1.85 bits per heavy atom. The fraction of sp³-hybridized carbons (Fsp3) is 0.250. The first kappa shape index (κ1) is 19.0. The molecule has 1 aromatic heterocycles. The van der Waals surface area contributed by atoms with E-state index < -0.39 is 5.97 Å². The van der Waals surface area contributed by atoms with Crippen molar-refractivity contribution in [3.8, 4) is 17.1 Å². The molecule has 1 N–H and O–H groups in total. The van der Waals surface area contributed by atoms with Crippen LogP contribution >= 0.6 is 11.8 Å². The molecule has 7 heteroatoms. The Hall–Kier alpha value is -2.80. The zero-order valence-electron chi connectivity index (χ0n) is 15.0. The van der Waals surface area contributed by atoms with Crippen LogP contribution in [0.25, 0.3) is 11.4 Å². The van der Waals surface area contributed by atoms with E-state index in [1.807, 2.05) is 30.3 Å². The number of carboxylic acid groups (broad SMARTS) is 1. The minimum Gasteiger partial charge on any atom is -0.493 e. The van der Waals surface area contributed by atoms with Crippen molar-refractivity contribution in [3.63, 3.8) is 0 Å². The van der Waals surface area contributed by atoms with Crippen LogP contribution in [-0.2, 0) is 6.54 Å². The molecule has 0 saturated heterocycles. The minimum atomic E-state index is -0.982. The van der Waals surface area contributed by atoms with Crippen molar-refractivity contribution < 1.29 is 14.6 Å². The van der Waals surface area contributed by atoms with Crippen LogP contribution in [0.15, 0.2) is 59.8 Å². The maximum absolute atomic E-state index is 11.2. The molecule has 3 rings (SSSR count). The van der Waals surface area contributed by atoms with Gasteiger partial charge in [-0.05, 0) is 25.5 Å². The molecule has 0 aliphatic rings. The predicted molar refractivity (Wildman–Crippen MR) is 105 cm³/mol. The van der Waals surface area contributed by atoms with Gasteiger partial charge in [-0.1, -0.05) is 54.2 Å². The van der Waals surface area contributed by atoms with Crippen LogP contribution in [0.4, 0.5) is 0 Å². The van der Waals surface area contributed by atoms with Crippen LogP contribution < -0.4 is 4.74 Å².